The maximum absolute atomic E-state index is 10.7. The molecule has 0 aliphatic heterocycles. The van der Waals surface area contributed by atoms with Gasteiger partial charge in [-0.05, 0) is 47.7 Å². The van der Waals surface area contributed by atoms with Crippen LogP contribution in [-0.2, 0) is 11.2 Å². The van der Waals surface area contributed by atoms with Gasteiger partial charge >= 0.3 is 5.97 Å². The Balaban J connectivity index is 2.21. The van der Waals surface area contributed by atoms with Gasteiger partial charge in [-0.1, -0.05) is 30.3 Å². The summed E-state index contributed by atoms with van der Waals surface area (Å²) >= 11 is 0. The first-order valence-corrected chi connectivity index (χ1v) is 6.34. The van der Waals surface area contributed by atoms with Crippen LogP contribution in [0, 0.1) is 6.92 Å². The average molecular weight is 271 g/mol. The monoisotopic (exact) mass is 271 g/mol. The van der Waals surface area contributed by atoms with Crippen molar-refractivity contribution in [3.63, 3.8) is 0 Å². The van der Waals surface area contributed by atoms with Gasteiger partial charge in [0.2, 0.25) is 0 Å². The topological polar surface area (TPSA) is 83.5 Å². The van der Waals surface area contributed by atoms with Crippen molar-refractivity contribution in [1.82, 2.24) is 0 Å². The van der Waals surface area contributed by atoms with E-state index in [9.17, 15) is 9.90 Å². The lowest BCUT2D eigenvalue weighted by atomic mass is 9.98. The minimum absolute atomic E-state index is 0.246. The lowest BCUT2D eigenvalue weighted by Crippen LogP contribution is -2.32. The lowest BCUT2D eigenvalue weighted by Gasteiger charge is -2.09. The van der Waals surface area contributed by atoms with Crippen LogP contribution in [0.3, 0.4) is 0 Å². The fraction of sp³-hybridized carbons (Fsp3) is 0.188. The molecular formula is C16H17NO3. The van der Waals surface area contributed by atoms with Crippen LogP contribution in [0.4, 0.5) is 0 Å². The predicted octanol–water partition coefficient (Wildman–Crippen LogP) is 2.32. The van der Waals surface area contributed by atoms with E-state index < -0.39 is 12.0 Å². The number of hydrogen-bond acceptors (Lipinski definition) is 3. The van der Waals surface area contributed by atoms with Crippen LogP contribution in [0.2, 0.25) is 0 Å². The van der Waals surface area contributed by atoms with Gasteiger partial charge in [-0.2, -0.15) is 0 Å². The van der Waals surface area contributed by atoms with E-state index in [1.54, 1.807) is 12.1 Å². The Morgan fingerprint density at radius 2 is 1.85 bits per heavy atom. The molecule has 0 aromatic heterocycles. The second kappa shape index (κ2) is 5.75. The molecule has 2 aromatic rings. The largest absolute Gasteiger partial charge is 0.508 e. The molecule has 2 aromatic carbocycles. The Morgan fingerprint density at radius 1 is 1.20 bits per heavy atom. The van der Waals surface area contributed by atoms with Gasteiger partial charge in [-0.25, -0.2) is 0 Å². The maximum atomic E-state index is 10.7. The highest BCUT2D eigenvalue weighted by Gasteiger charge is 2.12. The molecule has 20 heavy (non-hydrogen) atoms. The summed E-state index contributed by atoms with van der Waals surface area (Å²) in [6.07, 6.45) is 0.310. The van der Waals surface area contributed by atoms with Gasteiger partial charge in [0.15, 0.2) is 0 Å². The molecule has 0 saturated heterocycles. The van der Waals surface area contributed by atoms with Crippen molar-refractivity contribution in [2.75, 3.05) is 0 Å². The Morgan fingerprint density at radius 3 is 2.40 bits per heavy atom. The van der Waals surface area contributed by atoms with E-state index in [-0.39, 0.29) is 5.75 Å². The molecule has 0 amide bonds. The number of aliphatic carboxylic acids is 1. The molecule has 0 aliphatic rings. The summed E-state index contributed by atoms with van der Waals surface area (Å²) in [5, 5.41) is 18.2. The fourth-order valence-electron chi connectivity index (χ4n) is 2.13. The molecule has 2 rings (SSSR count). The standard InChI is InChI=1S/C16H17NO3/c1-10-8-13(18)6-7-14(10)12-4-2-11(3-5-12)9-15(17)16(19)20/h2-8,15,18H,9,17H2,1H3,(H,19,20)/t15-/m0/s1. The molecule has 0 unspecified atom stereocenters. The number of phenols is 1. The number of carboxylic acid groups (broad SMARTS) is 1. The summed E-state index contributed by atoms with van der Waals surface area (Å²) in [4.78, 5) is 10.7. The molecule has 0 spiro atoms. The molecule has 4 N–H and O–H groups in total. The van der Waals surface area contributed by atoms with E-state index in [1.165, 1.54) is 0 Å². The predicted molar refractivity (Wildman–Crippen MR) is 77.6 cm³/mol. The van der Waals surface area contributed by atoms with Gasteiger partial charge in [0.25, 0.3) is 0 Å². The normalized spacial score (nSPS) is 12.1. The van der Waals surface area contributed by atoms with E-state index >= 15 is 0 Å². The Kier molecular flexibility index (Phi) is 4.05. The summed E-state index contributed by atoms with van der Waals surface area (Å²) in [5.74, 6) is -0.751. The van der Waals surface area contributed by atoms with Gasteiger partial charge in [0.1, 0.15) is 11.8 Å². The summed E-state index contributed by atoms with van der Waals surface area (Å²) in [7, 11) is 0. The van der Waals surface area contributed by atoms with E-state index in [4.69, 9.17) is 10.8 Å². The highest BCUT2D eigenvalue weighted by Crippen LogP contribution is 2.26. The van der Waals surface area contributed by atoms with E-state index in [2.05, 4.69) is 0 Å². The molecule has 0 saturated carbocycles. The second-order valence-corrected chi connectivity index (χ2v) is 4.85. The third kappa shape index (κ3) is 3.16. The van der Waals surface area contributed by atoms with Crippen LogP contribution in [0.25, 0.3) is 11.1 Å². The molecule has 0 heterocycles. The summed E-state index contributed by atoms with van der Waals surface area (Å²) < 4.78 is 0. The van der Waals surface area contributed by atoms with Crippen molar-refractivity contribution in [2.45, 2.75) is 19.4 Å². The number of nitrogens with two attached hydrogens (primary N) is 1. The van der Waals surface area contributed by atoms with E-state index in [0.29, 0.717) is 6.42 Å². The van der Waals surface area contributed by atoms with Crippen LogP contribution in [0.5, 0.6) is 5.75 Å². The van der Waals surface area contributed by atoms with Gasteiger partial charge < -0.3 is 15.9 Å². The fourth-order valence-corrected chi connectivity index (χ4v) is 2.13. The van der Waals surface area contributed by atoms with Crippen LogP contribution >= 0.6 is 0 Å². The molecule has 1 atom stereocenters. The maximum Gasteiger partial charge on any atom is 0.320 e. The summed E-state index contributed by atoms with van der Waals surface area (Å²) in [6, 6.07) is 12.0. The third-order valence-electron chi connectivity index (χ3n) is 3.25. The van der Waals surface area contributed by atoms with Crippen LogP contribution in [0.15, 0.2) is 42.5 Å². The second-order valence-electron chi connectivity index (χ2n) is 4.85. The van der Waals surface area contributed by atoms with E-state index in [0.717, 1.165) is 22.3 Å². The van der Waals surface area contributed by atoms with Crippen LogP contribution in [0.1, 0.15) is 11.1 Å². The van der Waals surface area contributed by atoms with Crippen molar-refractivity contribution < 1.29 is 15.0 Å². The third-order valence-corrected chi connectivity index (χ3v) is 3.25. The summed E-state index contributed by atoms with van der Waals surface area (Å²) in [6.45, 7) is 1.93. The Bertz CT molecular complexity index is 620. The van der Waals surface area contributed by atoms with Gasteiger partial charge in [0, 0.05) is 0 Å². The number of phenolic OH excluding ortho intramolecular Hbond substituents is 1. The zero-order valence-electron chi connectivity index (χ0n) is 11.2. The van der Waals surface area contributed by atoms with Crippen molar-refractivity contribution in [2.24, 2.45) is 5.73 Å². The smallest absolute Gasteiger partial charge is 0.320 e. The van der Waals surface area contributed by atoms with Gasteiger partial charge in [-0.15, -0.1) is 0 Å². The number of hydrogen-bond donors (Lipinski definition) is 3. The molecule has 4 heteroatoms. The lowest BCUT2D eigenvalue weighted by molar-refractivity contribution is -0.138. The number of rotatable bonds is 4. The molecule has 104 valence electrons. The Hall–Kier alpha value is -2.33. The molecule has 0 fully saturated rings. The number of carboxylic acids is 1. The Labute approximate surface area is 117 Å². The molecular weight excluding hydrogens is 254 g/mol. The molecule has 0 radical (unpaired) electrons. The van der Waals surface area contributed by atoms with Crippen molar-refractivity contribution in [1.29, 1.82) is 0 Å². The van der Waals surface area contributed by atoms with Crippen molar-refractivity contribution >= 4 is 5.97 Å². The zero-order valence-corrected chi connectivity index (χ0v) is 11.2. The SMILES string of the molecule is Cc1cc(O)ccc1-c1ccc(C[C@H](N)C(=O)O)cc1. The first kappa shape index (κ1) is 14.1. The van der Waals surface area contributed by atoms with Crippen LogP contribution in [-0.4, -0.2) is 22.2 Å². The highest BCUT2D eigenvalue weighted by molar-refractivity contribution is 5.73. The number of aromatic hydroxyl groups is 1. The minimum atomic E-state index is -0.997. The minimum Gasteiger partial charge on any atom is -0.508 e. The van der Waals surface area contributed by atoms with Crippen molar-refractivity contribution in [3.8, 4) is 16.9 Å². The quantitative estimate of drug-likeness (QED) is 0.797. The van der Waals surface area contributed by atoms with Gasteiger partial charge in [0.05, 0.1) is 0 Å². The molecule has 0 aliphatic carbocycles. The molecule has 4 nitrogen and oxygen atoms in total. The van der Waals surface area contributed by atoms with Gasteiger partial charge in [-0.3, -0.25) is 4.79 Å². The van der Waals surface area contributed by atoms with E-state index in [1.807, 2.05) is 37.3 Å². The number of aryl methyl sites for hydroxylation is 1. The first-order chi connectivity index (χ1) is 9.47. The zero-order chi connectivity index (χ0) is 14.7. The van der Waals surface area contributed by atoms with Crippen LogP contribution < -0.4 is 5.73 Å². The number of carbonyl (C=O) groups is 1. The first-order valence-electron chi connectivity index (χ1n) is 6.34. The average Bonchev–Trinajstić information content (AvgIpc) is 2.40. The molecule has 0 bridgehead atoms. The van der Waals surface area contributed by atoms with Crippen molar-refractivity contribution in [3.05, 3.63) is 53.6 Å². The number of benzene rings is 2. The highest BCUT2D eigenvalue weighted by atomic mass is 16.4. The summed E-state index contributed by atoms with van der Waals surface area (Å²) in [5.41, 5.74) is 9.45.